The molecular weight excluding hydrogens is 290 g/mol. The smallest absolute Gasteiger partial charge is 0.241 e. The van der Waals surface area contributed by atoms with E-state index in [0.717, 1.165) is 25.9 Å². The second kappa shape index (κ2) is 6.32. The molecule has 1 aromatic rings. The molecule has 1 heterocycles. The first-order valence-electron chi connectivity index (χ1n) is 8.45. The SMILES string of the molecule is C[C@H](NC(=O)C1(N2CCCCC2)Cc2ccccc2C1)C(N)=O. The van der Waals surface area contributed by atoms with Crippen LogP contribution >= 0.6 is 0 Å². The van der Waals surface area contributed by atoms with Crippen LogP contribution in [-0.2, 0) is 22.4 Å². The second-order valence-corrected chi connectivity index (χ2v) is 6.80. The molecule has 0 aromatic heterocycles. The molecule has 0 spiro atoms. The van der Waals surface area contributed by atoms with Crippen molar-refractivity contribution >= 4 is 11.8 Å². The number of primary amides is 1. The molecule has 0 saturated carbocycles. The highest BCUT2D eigenvalue weighted by Gasteiger charge is 2.48. The van der Waals surface area contributed by atoms with Crippen LogP contribution < -0.4 is 11.1 Å². The Balaban J connectivity index is 1.89. The molecule has 124 valence electrons. The minimum absolute atomic E-state index is 0.0677. The number of benzene rings is 1. The fraction of sp³-hybridized carbons (Fsp3) is 0.556. The predicted molar refractivity (Wildman–Crippen MR) is 88.8 cm³/mol. The third-order valence-electron chi connectivity index (χ3n) is 5.24. The van der Waals surface area contributed by atoms with Crippen LogP contribution in [0.4, 0.5) is 0 Å². The topological polar surface area (TPSA) is 75.4 Å². The number of rotatable bonds is 4. The van der Waals surface area contributed by atoms with Crippen molar-refractivity contribution in [2.45, 2.75) is 50.6 Å². The summed E-state index contributed by atoms with van der Waals surface area (Å²) in [6.45, 7) is 3.52. The summed E-state index contributed by atoms with van der Waals surface area (Å²) in [7, 11) is 0. The molecule has 23 heavy (non-hydrogen) atoms. The van der Waals surface area contributed by atoms with Gasteiger partial charge in [0.15, 0.2) is 0 Å². The number of nitrogens with two attached hydrogens (primary N) is 1. The van der Waals surface area contributed by atoms with Gasteiger partial charge in [-0.1, -0.05) is 30.7 Å². The fourth-order valence-corrected chi connectivity index (χ4v) is 3.85. The summed E-state index contributed by atoms with van der Waals surface area (Å²) in [5.41, 5.74) is 7.22. The van der Waals surface area contributed by atoms with Gasteiger partial charge in [-0.15, -0.1) is 0 Å². The van der Waals surface area contributed by atoms with Crippen molar-refractivity contribution in [1.29, 1.82) is 0 Å². The van der Waals surface area contributed by atoms with Crippen molar-refractivity contribution in [3.63, 3.8) is 0 Å². The van der Waals surface area contributed by atoms with E-state index in [0.29, 0.717) is 12.8 Å². The number of likely N-dealkylation sites (tertiary alicyclic amines) is 1. The van der Waals surface area contributed by atoms with Crippen LogP contribution in [0.25, 0.3) is 0 Å². The Morgan fingerprint density at radius 3 is 2.22 bits per heavy atom. The first kappa shape index (κ1) is 16.0. The first-order chi connectivity index (χ1) is 11.0. The molecule has 0 bridgehead atoms. The maximum absolute atomic E-state index is 13.1. The van der Waals surface area contributed by atoms with Gasteiger partial charge in [-0.2, -0.15) is 0 Å². The summed E-state index contributed by atoms with van der Waals surface area (Å²) in [6.07, 6.45) is 4.88. The largest absolute Gasteiger partial charge is 0.368 e. The Kier molecular flexibility index (Phi) is 4.39. The molecule has 2 amide bonds. The molecule has 1 saturated heterocycles. The summed E-state index contributed by atoms with van der Waals surface area (Å²) in [5, 5.41) is 2.84. The molecule has 3 rings (SSSR count). The van der Waals surface area contributed by atoms with Crippen LogP contribution in [0.1, 0.15) is 37.3 Å². The zero-order valence-corrected chi connectivity index (χ0v) is 13.7. The minimum Gasteiger partial charge on any atom is -0.368 e. The molecule has 5 nitrogen and oxygen atoms in total. The number of hydrogen-bond donors (Lipinski definition) is 2. The van der Waals surface area contributed by atoms with Crippen LogP contribution in [0.15, 0.2) is 24.3 Å². The van der Waals surface area contributed by atoms with Gasteiger partial charge in [0.05, 0.1) is 0 Å². The molecule has 1 aliphatic carbocycles. The summed E-state index contributed by atoms with van der Waals surface area (Å²) < 4.78 is 0. The van der Waals surface area contributed by atoms with E-state index in [1.807, 2.05) is 12.1 Å². The van der Waals surface area contributed by atoms with Crippen molar-refractivity contribution in [3.8, 4) is 0 Å². The van der Waals surface area contributed by atoms with Crippen LogP contribution in [-0.4, -0.2) is 41.4 Å². The van der Waals surface area contributed by atoms with Gasteiger partial charge in [0.25, 0.3) is 0 Å². The number of amides is 2. The lowest BCUT2D eigenvalue weighted by Gasteiger charge is -2.42. The van der Waals surface area contributed by atoms with Crippen molar-refractivity contribution < 1.29 is 9.59 Å². The van der Waals surface area contributed by atoms with Gasteiger partial charge in [-0.3, -0.25) is 14.5 Å². The Morgan fingerprint density at radius 2 is 1.70 bits per heavy atom. The molecule has 1 aliphatic heterocycles. The molecule has 5 heteroatoms. The van der Waals surface area contributed by atoms with Gasteiger partial charge in [-0.05, 0) is 44.0 Å². The van der Waals surface area contributed by atoms with E-state index >= 15 is 0 Å². The molecule has 3 N–H and O–H groups in total. The Hall–Kier alpha value is -1.88. The molecule has 0 radical (unpaired) electrons. The Bertz CT molecular complexity index is 583. The van der Waals surface area contributed by atoms with Gasteiger partial charge >= 0.3 is 0 Å². The molecule has 1 aromatic carbocycles. The van der Waals surface area contributed by atoms with Gasteiger partial charge in [0.1, 0.15) is 11.6 Å². The quantitative estimate of drug-likeness (QED) is 0.870. The zero-order chi connectivity index (χ0) is 16.4. The molecule has 1 atom stereocenters. The van der Waals surface area contributed by atoms with E-state index in [4.69, 9.17) is 5.73 Å². The highest BCUT2D eigenvalue weighted by atomic mass is 16.2. The van der Waals surface area contributed by atoms with E-state index < -0.39 is 17.5 Å². The van der Waals surface area contributed by atoms with E-state index in [1.165, 1.54) is 17.5 Å². The van der Waals surface area contributed by atoms with Gasteiger partial charge in [-0.25, -0.2) is 0 Å². The van der Waals surface area contributed by atoms with E-state index in [1.54, 1.807) is 6.92 Å². The van der Waals surface area contributed by atoms with Crippen molar-refractivity contribution in [3.05, 3.63) is 35.4 Å². The highest BCUT2D eigenvalue weighted by molar-refractivity contribution is 5.92. The minimum atomic E-state index is -0.645. The summed E-state index contributed by atoms with van der Waals surface area (Å²) in [6, 6.07) is 7.61. The number of piperidine rings is 1. The number of nitrogens with zero attached hydrogens (tertiary/aromatic N) is 1. The number of nitrogens with one attached hydrogen (secondary N) is 1. The van der Waals surface area contributed by atoms with E-state index in [2.05, 4.69) is 22.3 Å². The fourth-order valence-electron chi connectivity index (χ4n) is 3.85. The van der Waals surface area contributed by atoms with Crippen LogP contribution in [0.3, 0.4) is 0 Å². The monoisotopic (exact) mass is 315 g/mol. The van der Waals surface area contributed by atoms with Crippen molar-refractivity contribution in [2.24, 2.45) is 5.73 Å². The lowest BCUT2D eigenvalue weighted by Crippen LogP contribution is -2.63. The van der Waals surface area contributed by atoms with Crippen LogP contribution in [0.5, 0.6) is 0 Å². The van der Waals surface area contributed by atoms with Crippen molar-refractivity contribution in [1.82, 2.24) is 10.2 Å². The average Bonchev–Trinajstić information content (AvgIpc) is 2.96. The molecule has 2 aliphatic rings. The van der Waals surface area contributed by atoms with E-state index in [-0.39, 0.29) is 5.91 Å². The van der Waals surface area contributed by atoms with Gasteiger partial charge < -0.3 is 11.1 Å². The highest BCUT2D eigenvalue weighted by Crippen LogP contribution is 2.36. The van der Waals surface area contributed by atoms with Crippen molar-refractivity contribution in [2.75, 3.05) is 13.1 Å². The summed E-state index contributed by atoms with van der Waals surface area (Å²) >= 11 is 0. The lowest BCUT2D eigenvalue weighted by molar-refractivity contribution is -0.137. The average molecular weight is 315 g/mol. The van der Waals surface area contributed by atoms with E-state index in [9.17, 15) is 9.59 Å². The first-order valence-corrected chi connectivity index (χ1v) is 8.45. The Labute approximate surface area is 137 Å². The Morgan fingerprint density at radius 1 is 1.13 bits per heavy atom. The maximum atomic E-state index is 13.1. The number of hydrogen-bond acceptors (Lipinski definition) is 3. The molecule has 0 unspecified atom stereocenters. The lowest BCUT2D eigenvalue weighted by atomic mass is 9.89. The van der Waals surface area contributed by atoms with Gasteiger partial charge in [0, 0.05) is 12.8 Å². The molecular formula is C18H25N3O2. The normalized spacial score (nSPS) is 21.4. The third-order valence-corrected chi connectivity index (χ3v) is 5.24. The maximum Gasteiger partial charge on any atom is 0.241 e. The summed E-state index contributed by atoms with van der Waals surface area (Å²) in [4.78, 5) is 26.8. The summed E-state index contributed by atoms with van der Waals surface area (Å²) in [5.74, 6) is -0.565. The predicted octanol–water partition coefficient (Wildman–Crippen LogP) is 1.000. The second-order valence-electron chi connectivity index (χ2n) is 6.80. The standard InChI is InChI=1S/C18H25N3O2/c1-13(16(19)22)20-17(23)18(21-9-5-2-6-10-21)11-14-7-3-4-8-15(14)12-18/h3-4,7-8,13H,2,5-6,9-12H2,1H3,(H2,19,22)(H,20,23)/t13-/m0/s1. The number of carbonyl (C=O) groups excluding carboxylic acids is 2. The number of fused-ring (bicyclic) bond motifs is 1. The van der Waals surface area contributed by atoms with Crippen LogP contribution in [0, 0.1) is 0 Å². The third kappa shape index (κ3) is 2.98. The molecule has 1 fully saturated rings. The van der Waals surface area contributed by atoms with Crippen LogP contribution in [0.2, 0.25) is 0 Å². The number of carbonyl (C=O) groups is 2. The zero-order valence-electron chi connectivity index (χ0n) is 13.7. The van der Waals surface area contributed by atoms with Gasteiger partial charge in [0.2, 0.25) is 11.8 Å².